The lowest BCUT2D eigenvalue weighted by Crippen LogP contribution is -2.33. The van der Waals surface area contributed by atoms with E-state index in [0.717, 1.165) is 6.42 Å². The normalized spacial score (nSPS) is 11.2. The minimum Gasteiger partial charge on any atom is -0.289 e. The van der Waals surface area contributed by atoms with E-state index in [1.807, 2.05) is 6.92 Å². The van der Waals surface area contributed by atoms with Gasteiger partial charge in [-0.25, -0.2) is 8.42 Å². The number of aromatic nitrogens is 1. The fourth-order valence-corrected chi connectivity index (χ4v) is 4.67. The van der Waals surface area contributed by atoms with E-state index in [2.05, 4.69) is 4.98 Å². The van der Waals surface area contributed by atoms with Gasteiger partial charge in [-0.05, 0) is 48.9 Å². The molecule has 3 aromatic rings. The Labute approximate surface area is 176 Å². The molecule has 0 unspecified atom stereocenters. The average molecular weight is 429 g/mol. The fourth-order valence-electron chi connectivity index (χ4n) is 2.96. The van der Waals surface area contributed by atoms with Crippen molar-refractivity contribution in [1.29, 1.82) is 0 Å². The number of benzene rings is 2. The molecule has 0 aliphatic carbocycles. The van der Waals surface area contributed by atoms with Crippen molar-refractivity contribution in [2.75, 3.05) is 10.8 Å². The van der Waals surface area contributed by atoms with Crippen LogP contribution in [-0.2, 0) is 10.0 Å². The summed E-state index contributed by atoms with van der Waals surface area (Å²) in [6.07, 6.45) is 4.50. The fraction of sp³-hybridized carbons (Fsp3) is 0.182. The number of unbranched alkanes of at least 4 members (excludes halogenated alkanes) is 1. The molecule has 150 valence electrons. The zero-order valence-corrected chi connectivity index (χ0v) is 17.5. The van der Waals surface area contributed by atoms with Gasteiger partial charge in [0.2, 0.25) is 0 Å². The van der Waals surface area contributed by atoms with Crippen LogP contribution < -0.4 is 4.31 Å². The van der Waals surface area contributed by atoms with Crippen LogP contribution in [0.25, 0.3) is 0 Å². The zero-order valence-electron chi connectivity index (χ0n) is 16.0. The Morgan fingerprint density at radius 2 is 1.72 bits per heavy atom. The van der Waals surface area contributed by atoms with Gasteiger partial charge < -0.3 is 0 Å². The summed E-state index contributed by atoms with van der Waals surface area (Å²) in [5, 5.41) is 0.360. The van der Waals surface area contributed by atoms with Gasteiger partial charge in [-0.3, -0.25) is 14.1 Å². The molecular formula is C22H21ClN2O3S. The lowest BCUT2D eigenvalue weighted by molar-refractivity contribution is 0.103. The minimum atomic E-state index is -3.85. The molecule has 5 nitrogen and oxygen atoms in total. The highest BCUT2D eigenvalue weighted by Gasteiger charge is 2.28. The molecule has 29 heavy (non-hydrogen) atoms. The van der Waals surface area contributed by atoms with Crippen LogP contribution in [0.3, 0.4) is 0 Å². The molecule has 0 saturated carbocycles. The second kappa shape index (κ2) is 9.20. The molecule has 0 saturated heterocycles. The summed E-state index contributed by atoms with van der Waals surface area (Å²) in [7, 11) is -3.85. The van der Waals surface area contributed by atoms with Crippen LogP contribution in [0.2, 0.25) is 5.02 Å². The van der Waals surface area contributed by atoms with E-state index in [9.17, 15) is 13.2 Å². The van der Waals surface area contributed by atoms with E-state index in [1.54, 1.807) is 54.6 Å². The number of hydrogen-bond acceptors (Lipinski definition) is 4. The van der Waals surface area contributed by atoms with Gasteiger partial charge in [0.25, 0.3) is 10.0 Å². The van der Waals surface area contributed by atoms with Gasteiger partial charge in [0.05, 0.1) is 10.6 Å². The molecule has 0 atom stereocenters. The largest absolute Gasteiger partial charge is 0.289 e. The molecular weight excluding hydrogens is 408 g/mol. The van der Waals surface area contributed by atoms with E-state index < -0.39 is 10.0 Å². The van der Waals surface area contributed by atoms with Crippen LogP contribution in [0.4, 0.5) is 5.69 Å². The lowest BCUT2D eigenvalue weighted by atomic mass is 10.0. The van der Waals surface area contributed by atoms with Gasteiger partial charge in [0.1, 0.15) is 0 Å². The number of sulfonamides is 1. The number of halogens is 1. The predicted molar refractivity (Wildman–Crippen MR) is 115 cm³/mol. The van der Waals surface area contributed by atoms with Crippen LogP contribution in [0, 0.1) is 0 Å². The first-order valence-corrected chi connectivity index (χ1v) is 11.1. The first-order chi connectivity index (χ1) is 13.9. The van der Waals surface area contributed by atoms with Gasteiger partial charge in [0.15, 0.2) is 5.78 Å². The first kappa shape index (κ1) is 21.0. The summed E-state index contributed by atoms with van der Waals surface area (Å²) < 4.78 is 28.1. The highest BCUT2D eigenvalue weighted by molar-refractivity contribution is 7.92. The second-order valence-corrected chi connectivity index (χ2v) is 8.77. The summed E-state index contributed by atoms with van der Waals surface area (Å²) in [6.45, 7) is 2.24. The van der Waals surface area contributed by atoms with Gasteiger partial charge in [-0.2, -0.15) is 0 Å². The quantitative estimate of drug-likeness (QED) is 0.475. The van der Waals surface area contributed by atoms with E-state index in [1.165, 1.54) is 22.8 Å². The molecule has 0 spiro atoms. The van der Waals surface area contributed by atoms with Crippen LogP contribution in [0.1, 0.15) is 35.7 Å². The van der Waals surface area contributed by atoms with Gasteiger partial charge in [-0.15, -0.1) is 0 Å². The van der Waals surface area contributed by atoms with Crippen molar-refractivity contribution in [2.45, 2.75) is 24.7 Å². The Hall–Kier alpha value is -2.70. The minimum absolute atomic E-state index is 0.174. The molecule has 1 heterocycles. The van der Waals surface area contributed by atoms with Crippen LogP contribution >= 0.6 is 11.6 Å². The number of carbonyl (C=O) groups excluding carboxylic acids is 1. The third-order valence-electron chi connectivity index (χ3n) is 4.46. The number of rotatable bonds is 8. The Kier molecular flexibility index (Phi) is 6.67. The molecule has 0 bridgehead atoms. The van der Waals surface area contributed by atoms with Crippen molar-refractivity contribution >= 4 is 33.1 Å². The van der Waals surface area contributed by atoms with Crippen molar-refractivity contribution in [3.8, 4) is 0 Å². The maximum Gasteiger partial charge on any atom is 0.264 e. The number of carbonyl (C=O) groups is 1. The molecule has 0 aliphatic heterocycles. The molecule has 0 radical (unpaired) electrons. The smallest absolute Gasteiger partial charge is 0.264 e. The third kappa shape index (κ3) is 4.66. The maximum atomic E-state index is 13.4. The number of anilines is 1. The topological polar surface area (TPSA) is 67.3 Å². The maximum absolute atomic E-state index is 13.4. The van der Waals surface area contributed by atoms with Crippen molar-refractivity contribution in [3.63, 3.8) is 0 Å². The molecule has 2 aromatic carbocycles. The van der Waals surface area contributed by atoms with Crippen LogP contribution in [0.5, 0.6) is 0 Å². The van der Waals surface area contributed by atoms with Crippen LogP contribution in [-0.4, -0.2) is 25.7 Å². The molecule has 0 N–H and O–H groups in total. The molecule has 1 aromatic heterocycles. The summed E-state index contributed by atoms with van der Waals surface area (Å²) >= 11 is 6.16. The second-order valence-electron chi connectivity index (χ2n) is 6.47. The van der Waals surface area contributed by atoms with E-state index >= 15 is 0 Å². The first-order valence-electron chi connectivity index (χ1n) is 9.27. The summed E-state index contributed by atoms with van der Waals surface area (Å²) in [5.74, 6) is -0.310. The van der Waals surface area contributed by atoms with Crippen molar-refractivity contribution in [2.24, 2.45) is 0 Å². The Morgan fingerprint density at radius 3 is 2.38 bits per heavy atom. The monoisotopic (exact) mass is 428 g/mol. The van der Waals surface area contributed by atoms with Gasteiger partial charge >= 0.3 is 0 Å². The summed E-state index contributed by atoms with van der Waals surface area (Å²) in [4.78, 5) is 17.3. The van der Waals surface area contributed by atoms with E-state index in [4.69, 9.17) is 11.6 Å². The predicted octanol–water partition coefficient (Wildman–Crippen LogP) is 4.96. The average Bonchev–Trinajstić information content (AvgIpc) is 2.75. The molecule has 0 aliphatic rings. The molecule has 0 amide bonds. The summed E-state index contributed by atoms with van der Waals surface area (Å²) in [5.41, 5.74) is 0.962. The number of hydrogen-bond donors (Lipinski definition) is 0. The standard InChI is InChI=1S/C22H21ClN2O3S/c1-2-3-15-25(29(27,28)19-7-5-4-6-8-19)21-10-9-18(23)16-20(21)22(26)17-11-13-24-14-12-17/h4-14,16H,2-3,15H2,1H3. The number of ketones is 1. The molecule has 7 heteroatoms. The van der Waals surface area contributed by atoms with E-state index in [0.29, 0.717) is 22.7 Å². The van der Waals surface area contributed by atoms with Crippen LogP contribution in [0.15, 0.2) is 78.0 Å². The lowest BCUT2D eigenvalue weighted by Gasteiger charge is -2.26. The third-order valence-corrected chi connectivity index (χ3v) is 6.52. The molecule has 0 fully saturated rings. The number of pyridine rings is 1. The van der Waals surface area contributed by atoms with Crippen molar-refractivity contribution in [3.05, 3.63) is 89.2 Å². The number of nitrogens with zero attached hydrogens (tertiary/aromatic N) is 2. The SMILES string of the molecule is CCCCN(c1ccc(Cl)cc1C(=O)c1ccncc1)S(=O)(=O)c1ccccc1. The highest BCUT2D eigenvalue weighted by Crippen LogP contribution is 2.31. The Morgan fingerprint density at radius 1 is 1.03 bits per heavy atom. The molecule has 3 rings (SSSR count). The summed E-state index contributed by atoms with van der Waals surface area (Å²) in [6, 6.07) is 16.1. The van der Waals surface area contributed by atoms with Crippen molar-refractivity contribution < 1.29 is 13.2 Å². The van der Waals surface area contributed by atoms with Gasteiger partial charge in [-0.1, -0.05) is 43.1 Å². The Bertz CT molecular complexity index is 1090. The van der Waals surface area contributed by atoms with Gasteiger partial charge in [0, 0.05) is 35.1 Å². The van der Waals surface area contributed by atoms with Crippen molar-refractivity contribution in [1.82, 2.24) is 4.98 Å². The highest BCUT2D eigenvalue weighted by atomic mass is 35.5. The Balaban J connectivity index is 2.15. The zero-order chi connectivity index (χ0) is 20.9. The van der Waals surface area contributed by atoms with E-state index in [-0.39, 0.29) is 22.8 Å².